The molecule has 8 bridgehead atoms. The zero-order valence-electron chi connectivity index (χ0n) is 61.5. The van der Waals surface area contributed by atoms with Crippen molar-refractivity contribution in [2.45, 2.75) is 218 Å². The number of azide groups is 2. The van der Waals surface area contributed by atoms with E-state index < -0.39 is 94.3 Å². The molecular formula is C60H118N6O20S8Si8. The van der Waals surface area contributed by atoms with Crippen LogP contribution in [0.15, 0.2) is 10.2 Å². The average molecular weight is 1720 g/mol. The molecule has 0 unspecified atom stereocenters. The highest BCUT2D eigenvalue weighted by atomic mass is 32.2. The summed E-state index contributed by atoms with van der Waals surface area (Å²) < 4.78 is 121. The van der Waals surface area contributed by atoms with E-state index in [-0.39, 0.29) is 65.2 Å². The first-order chi connectivity index (χ1) is 49.5. The van der Waals surface area contributed by atoms with E-state index in [0.717, 1.165) is 112 Å². The Morgan fingerprint density at radius 3 is 0.608 bits per heavy atom. The van der Waals surface area contributed by atoms with Gasteiger partial charge in [0.05, 0.1) is 52.1 Å². The second-order valence-corrected chi connectivity index (χ2v) is 59.4. The Balaban J connectivity index is 1.65. The van der Waals surface area contributed by atoms with E-state index in [2.05, 4.69) is 61.6 Å². The number of unbranched alkanes of at least 4 members (excludes halogenated alkanes) is 6. The molecule has 42 heteroatoms. The van der Waals surface area contributed by atoms with Gasteiger partial charge in [0, 0.05) is 71.3 Å². The van der Waals surface area contributed by atoms with E-state index in [1.165, 1.54) is 0 Å². The zero-order valence-corrected chi connectivity index (χ0v) is 76.0. The number of carbonyl (C=O) groups excluding carboxylic acids is 4. The molecule has 0 amide bonds. The van der Waals surface area contributed by atoms with Gasteiger partial charge in [-0.1, -0.05) is 90.3 Å². The smallest absolute Gasteiger partial charge is 0.466 e. The summed E-state index contributed by atoms with van der Waals surface area (Å²) in [6.07, 6.45) is 14.0. The number of hydrogen-bond acceptors (Lipinski definition) is 30. The molecule has 0 spiro atoms. The molecule has 6 heterocycles. The standard InChI is InChI=1S/C60H118N6O20S8Si8/c1-7-13-33-87-41-49-95-75-97(51-43-89-35-15-9-3)77-96(50-42-88-34-14-8-2)78-98(76-95,52-44-90-36-16-10-4)82-102(56-48-94-40-22-32-74-60(70)26-24-58(68)72-30-20-28-64-66-62)84-99(79-95,53-45-91-37-17-11-5)83-101(81-97,85-100(80-96,86-102)54-46-92-38-18-12-6)55-47-93-39-21-31-73-59(69)25-23-57(67)71-29-19-27-63-65-61/h7-56H2,1-6H3. The third-order valence-corrected chi connectivity index (χ3v) is 64.1. The lowest BCUT2D eigenvalue weighted by Crippen LogP contribution is -2.88. The predicted octanol–water partition coefficient (Wildman–Crippen LogP) is 16.3. The van der Waals surface area contributed by atoms with E-state index >= 15 is 0 Å². The van der Waals surface area contributed by atoms with Gasteiger partial charge in [0.15, 0.2) is 0 Å². The first kappa shape index (κ1) is 93.2. The molecule has 0 atom stereocenters. The molecule has 6 saturated heterocycles. The van der Waals surface area contributed by atoms with E-state index in [4.69, 9.17) is 79.4 Å². The van der Waals surface area contributed by atoms with Crippen molar-refractivity contribution < 1.29 is 87.5 Å². The number of rotatable bonds is 64. The molecule has 0 radical (unpaired) electrons. The highest BCUT2D eigenvalue weighted by Crippen LogP contribution is 2.55. The lowest BCUT2D eigenvalue weighted by atomic mass is 10.3. The van der Waals surface area contributed by atoms with Crippen LogP contribution >= 0.6 is 94.1 Å². The quantitative estimate of drug-likeness (QED) is 0.0104. The first-order valence-electron chi connectivity index (χ1n) is 37.2. The molecule has 6 fully saturated rings. The Labute approximate surface area is 651 Å². The van der Waals surface area contributed by atoms with Crippen molar-refractivity contribution in [3.63, 3.8) is 0 Å². The van der Waals surface area contributed by atoms with Crippen LogP contribution in [0.5, 0.6) is 0 Å². The van der Waals surface area contributed by atoms with Crippen LogP contribution in [-0.2, 0) is 87.5 Å². The summed E-state index contributed by atoms with van der Waals surface area (Å²) >= 11 is 14.5. The second kappa shape index (κ2) is 53.5. The van der Waals surface area contributed by atoms with Gasteiger partial charge in [-0.2, -0.15) is 94.1 Å². The Morgan fingerprint density at radius 2 is 0.441 bits per heavy atom. The monoisotopic (exact) mass is 1720 g/mol. The Hall–Kier alpha value is 0.555. The molecule has 0 aliphatic carbocycles. The van der Waals surface area contributed by atoms with Crippen LogP contribution in [0.4, 0.5) is 0 Å². The average Bonchev–Trinajstić information content (AvgIpc) is 0.688. The van der Waals surface area contributed by atoms with Gasteiger partial charge in [-0.3, -0.25) is 19.2 Å². The summed E-state index contributed by atoms with van der Waals surface area (Å²) in [4.78, 5) is 55.9. The summed E-state index contributed by atoms with van der Waals surface area (Å²) in [5.74, 6) is 9.85. The Bertz CT molecular complexity index is 2320. The van der Waals surface area contributed by atoms with E-state index in [0.29, 0.717) is 132 Å². The van der Waals surface area contributed by atoms with Crippen LogP contribution < -0.4 is 0 Å². The largest absolute Gasteiger partial charge is 0.479 e. The lowest BCUT2D eigenvalue weighted by Gasteiger charge is -2.63. The van der Waals surface area contributed by atoms with Crippen LogP contribution in [-0.4, -0.2) is 226 Å². The molecule has 0 aromatic heterocycles. The molecular weight excluding hydrogens is 1610 g/mol. The molecule has 0 aromatic carbocycles. The maximum absolute atomic E-state index is 12.9. The minimum atomic E-state index is -4.31. The Kier molecular flexibility index (Phi) is 48.9. The number of ether oxygens (including phenoxy) is 4. The number of nitrogens with zero attached hydrogens (tertiary/aromatic N) is 6. The van der Waals surface area contributed by atoms with Gasteiger partial charge in [-0.05, 0) is 167 Å². The van der Waals surface area contributed by atoms with Gasteiger partial charge < -0.3 is 68.3 Å². The third-order valence-electron chi connectivity index (χ3n) is 15.9. The van der Waals surface area contributed by atoms with Crippen molar-refractivity contribution in [3.05, 3.63) is 20.9 Å². The maximum atomic E-state index is 12.9. The molecule has 102 heavy (non-hydrogen) atoms. The topological polar surface area (TPSA) is 313 Å². The van der Waals surface area contributed by atoms with Gasteiger partial charge in [-0.25, -0.2) is 0 Å². The van der Waals surface area contributed by atoms with E-state index in [1.807, 2.05) is 70.6 Å². The number of thioether (sulfide) groups is 8. The fraction of sp³-hybridized carbons (Fsp3) is 0.933. The summed E-state index contributed by atoms with van der Waals surface area (Å²) in [6.45, 7) is 14.2. The van der Waals surface area contributed by atoms with Gasteiger partial charge >= 0.3 is 94.3 Å². The predicted molar refractivity (Wildman–Crippen MR) is 434 cm³/mol. The normalized spacial score (nSPS) is 26.3. The Morgan fingerprint density at radius 1 is 0.275 bits per heavy atom. The SMILES string of the molecule is CCCCSCC[Si]12O[Si]3(CCSCCCC)O[Si]4(CCSCCCC)O[Si](CCSCCCC)(O1)O[Si]1(CCSCCCOC(=O)CCC(=O)OCCCN=[N+]=[N-])O[Si](CCSCCCC)(O2)O[Si](CCSCCCOC(=O)CCC(=O)OCCCN=[N+]=[N-])(O3)O[Si](CCSCCCC)(O4)O1. The molecule has 0 N–H and O–H groups in total. The highest BCUT2D eigenvalue weighted by molar-refractivity contribution is 8.00. The third kappa shape index (κ3) is 35.9. The number of esters is 4. The van der Waals surface area contributed by atoms with Crippen molar-refractivity contribution in [3.8, 4) is 0 Å². The van der Waals surface area contributed by atoms with Crippen LogP contribution in [0.3, 0.4) is 0 Å². The van der Waals surface area contributed by atoms with Crippen LogP contribution in [0, 0.1) is 0 Å². The lowest BCUT2D eigenvalue weighted by molar-refractivity contribution is -0.150. The van der Waals surface area contributed by atoms with Crippen LogP contribution in [0.2, 0.25) is 48.4 Å². The molecule has 6 rings (SSSR count). The van der Waals surface area contributed by atoms with Gasteiger partial charge in [0.25, 0.3) is 0 Å². The zero-order chi connectivity index (χ0) is 73.5. The molecule has 588 valence electrons. The summed E-state index contributed by atoms with van der Waals surface area (Å²) in [7, 11) is -34.1. The molecule has 26 nitrogen and oxygen atoms in total. The van der Waals surface area contributed by atoms with Crippen molar-refractivity contribution in [1.82, 2.24) is 0 Å². The van der Waals surface area contributed by atoms with E-state index in [1.54, 1.807) is 23.5 Å². The summed E-state index contributed by atoms with van der Waals surface area (Å²) in [6, 6.07) is 3.00. The minimum Gasteiger partial charge on any atom is -0.466 e. The number of carbonyl (C=O) groups is 4. The second-order valence-electron chi connectivity index (χ2n) is 24.9. The maximum Gasteiger partial charge on any atom is 0.479 e. The molecule has 0 aromatic rings. The van der Waals surface area contributed by atoms with Gasteiger partial charge in [0.1, 0.15) is 0 Å². The summed E-state index contributed by atoms with van der Waals surface area (Å²) in [5, 5.41) is 6.92. The van der Waals surface area contributed by atoms with Crippen LogP contribution in [0.25, 0.3) is 20.9 Å². The van der Waals surface area contributed by atoms with Gasteiger partial charge in [0.2, 0.25) is 0 Å². The molecule has 6 aliphatic heterocycles. The van der Waals surface area contributed by atoms with Crippen molar-refractivity contribution in [2.24, 2.45) is 10.2 Å². The van der Waals surface area contributed by atoms with Crippen LogP contribution in [0.1, 0.15) is 170 Å². The fourth-order valence-corrected chi connectivity index (χ4v) is 74.0. The molecule has 6 aliphatic rings. The van der Waals surface area contributed by atoms with Crippen molar-refractivity contribution in [1.29, 1.82) is 0 Å². The molecule has 0 saturated carbocycles. The first-order valence-corrected chi connectivity index (χ1v) is 61.9. The summed E-state index contributed by atoms with van der Waals surface area (Å²) in [5.41, 5.74) is 17.1. The highest BCUT2D eigenvalue weighted by Gasteiger charge is 2.83. The van der Waals surface area contributed by atoms with E-state index in [9.17, 15) is 19.2 Å². The van der Waals surface area contributed by atoms with Gasteiger partial charge in [-0.15, -0.1) is 0 Å². The van der Waals surface area contributed by atoms with Crippen molar-refractivity contribution >= 4 is 188 Å². The minimum absolute atomic E-state index is 0.100. The van der Waals surface area contributed by atoms with Crippen molar-refractivity contribution in [2.75, 3.05) is 132 Å². The number of hydrogen-bond donors (Lipinski definition) is 0. The fourth-order valence-electron chi connectivity index (χ4n) is 10.6.